The van der Waals surface area contributed by atoms with Gasteiger partial charge in [0.15, 0.2) is 0 Å². The van der Waals surface area contributed by atoms with E-state index in [0.29, 0.717) is 6.04 Å². The van der Waals surface area contributed by atoms with Crippen molar-refractivity contribution in [2.24, 2.45) is 0 Å². The summed E-state index contributed by atoms with van der Waals surface area (Å²) in [6, 6.07) is -0.494. The molecule has 1 unspecified atom stereocenters. The summed E-state index contributed by atoms with van der Waals surface area (Å²) in [6.07, 6.45) is 4.39. The van der Waals surface area contributed by atoms with Gasteiger partial charge in [-0.2, -0.15) is 0 Å². The Bertz CT molecular complexity index is 159. The van der Waals surface area contributed by atoms with Crippen LogP contribution in [0.25, 0.3) is 0 Å². The predicted octanol–water partition coefficient (Wildman–Crippen LogP) is -0.684. The van der Waals surface area contributed by atoms with Crippen molar-refractivity contribution < 1.29 is 15.0 Å². The summed E-state index contributed by atoms with van der Waals surface area (Å²) in [4.78, 5) is 10.5. The average Bonchev–Trinajstić information content (AvgIpc) is 2.51. The standard InChI is InChI=1S/C8H15NO3.Na.H/c10-5-7(8(11)12)9-6-3-1-2-4-6;;/h6-7,9-10H,1-5H2,(H,11,12);;. The molecular weight excluding hydrogens is 181 g/mol. The van der Waals surface area contributed by atoms with Gasteiger partial charge in [0.2, 0.25) is 0 Å². The second-order valence-electron chi connectivity index (χ2n) is 3.22. The first-order chi connectivity index (χ1) is 5.74. The Morgan fingerprint density at radius 3 is 2.38 bits per heavy atom. The van der Waals surface area contributed by atoms with Crippen molar-refractivity contribution >= 4 is 35.5 Å². The third kappa shape index (κ3) is 4.42. The van der Waals surface area contributed by atoms with Crippen molar-refractivity contribution in [1.82, 2.24) is 5.32 Å². The van der Waals surface area contributed by atoms with E-state index in [0.717, 1.165) is 25.7 Å². The quantitative estimate of drug-likeness (QED) is 0.522. The zero-order valence-corrected chi connectivity index (χ0v) is 6.99. The Morgan fingerprint density at radius 1 is 1.46 bits per heavy atom. The minimum absolute atomic E-state index is 0. The molecule has 1 aliphatic carbocycles. The SMILES string of the molecule is O=C(O)C(CO)NC1CCCC1.[NaH]. The van der Waals surface area contributed by atoms with Gasteiger partial charge in [-0.25, -0.2) is 0 Å². The maximum absolute atomic E-state index is 10.5. The van der Waals surface area contributed by atoms with E-state index in [2.05, 4.69) is 5.32 Å². The van der Waals surface area contributed by atoms with E-state index in [-0.39, 0.29) is 36.2 Å². The molecule has 0 bridgehead atoms. The van der Waals surface area contributed by atoms with Gasteiger partial charge in [0.25, 0.3) is 0 Å². The van der Waals surface area contributed by atoms with E-state index < -0.39 is 12.0 Å². The van der Waals surface area contributed by atoms with Crippen LogP contribution < -0.4 is 5.32 Å². The van der Waals surface area contributed by atoms with E-state index >= 15 is 0 Å². The van der Waals surface area contributed by atoms with Crippen LogP contribution in [0.15, 0.2) is 0 Å². The normalized spacial score (nSPS) is 19.5. The molecule has 4 nitrogen and oxygen atoms in total. The monoisotopic (exact) mass is 197 g/mol. The van der Waals surface area contributed by atoms with Crippen molar-refractivity contribution in [2.45, 2.75) is 37.8 Å². The summed E-state index contributed by atoms with van der Waals surface area (Å²) in [5.41, 5.74) is 0. The first kappa shape index (κ1) is 13.4. The van der Waals surface area contributed by atoms with Crippen LogP contribution in [-0.2, 0) is 4.79 Å². The molecule has 0 aromatic rings. The topological polar surface area (TPSA) is 69.6 Å². The van der Waals surface area contributed by atoms with E-state index in [4.69, 9.17) is 10.2 Å². The third-order valence-electron chi connectivity index (χ3n) is 2.27. The molecule has 0 aromatic heterocycles. The number of aliphatic hydroxyl groups excluding tert-OH is 1. The number of carboxylic acid groups (broad SMARTS) is 1. The summed E-state index contributed by atoms with van der Waals surface area (Å²) in [5, 5.41) is 20.2. The van der Waals surface area contributed by atoms with E-state index in [1.54, 1.807) is 0 Å². The predicted molar refractivity (Wildman–Crippen MR) is 51.1 cm³/mol. The summed E-state index contributed by atoms with van der Waals surface area (Å²) >= 11 is 0. The number of aliphatic carboxylic acids is 1. The van der Waals surface area contributed by atoms with Gasteiger partial charge in [-0.15, -0.1) is 0 Å². The number of aliphatic hydroxyl groups is 1. The molecule has 0 radical (unpaired) electrons. The Morgan fingerprint density at radius 2 is 2.00 bits per heavy atom. The molecule has 1 aliphatic rings. The molecular formula is C8H16NNaO3. The van der Waals surface area contributed by atoms with Crippen molar-refractivity contribution in [3.05, 3.63) is 0 Å². The summed E-state index contributed by atoms with van der Waals surface area (Å²) in [7, 11) is 0. The summed E-state index contributed by atoms with van der Waals surface area (Å²) in [5.74, 6) is -0.968. The van der Waals surface area contributed by atoms with Crippen molar-refractivity contribution in [2.75, 3.05) is 6.61 Å². The second kappa shape index (κ2) is 6.79. The Balaban J connectivity index is 0.00000144. The van der Waals surface area contributed by atoms with Gasteiger partial charge < -0.3 is 10.2 Å². The molecule has 0 spiro atoms. The molecule has 13 heavy (non-hydrogen) atoms. The molecule has 1 atom stereocenters. The van der Waals surface area contributed by atoms with Crippen LogP contribution in [0.2, 0.25) is 0 Å². The fourth-order valence-electron chi connectivity index (χ4n) is 1.58. The van der Waals surface area contributed by atoms with Gasteiger partial charge in [-0.3, -0.25) is 10.1 Å². The third-order valence-corrected chi connectivity index (χ3v) is 2.27. The van der Waals surface area contributed by atoms with E-state index in [9.17, 15) is 4.79 Å². The molecule has 0 saturated heterocycles. The van der Waals surface area contributed by atoms with E-state index in [1.807, 2.05) is 0 Å². The summed E-state index contributed by atoms with van der Waals surface area (Å²) in [6.45, 7) is -0.328. The zero-order chi connectivity index (χ0) is 8.97. The molecule has 3 N–H and O–H groups in total. The van der Waals surface area contributed by atoms with Crippen molar-refractivity contribution in [3.8, 4) is 0 Å². The fourth-order valence-corrected chi connectivity index (χ4v) is 1.58. The Kier molecular flexibility index (Phi) is 6.99. The van der Waals surface area contributed by atoms with Crippen LogP contribution in [0.5, 0.6) is 0 Å². The number of carbonyl (C=O) groups is 1. The molecule has 0 aliphatic heterocycles. The first-order valence-corrected chi connectivity index (χ1v) is 4.33. The molecule has 0 heterocycles. The van der Waals surface area contributed by atoms with Gasteiger partial charge >= 0.3 is 35.5 Å². The fraction of sp³-hybridized carbons (Fsp3) is 0.875. The zero-order valence-electron chi connectivity index (χ0n) is 6.99. The van der Waals surface area contributed by atoms with Crippen LogP contribution in [0.3, 0.4) is 0 Å². The van der Waals surface area contributed by atoms with Gasteiger partial charge in [0.1, 0.15) is 6.04 Å². The first-order valence-electron chi connectivity index (χ1n) is 4.33. The van der Waals surface area contributed by atoms with Gasteiger partial charge in [-0.05, 0) is 12.8 Å². The van der Waals surface area contributed by atoms with Crippen LogP contribution >= 0.6 is 0 Å². The van der Waals surface area contributed by atoms with Gasteiger partial charge in [-0.1, -0.05) is 12.8 Å². The Labute approximate surface area is 100 Å². The Hall–Kier alpha value is 0.390. The molecule has 0 aromatic carbocycles. The number of rotatable bonds is 4. The minimum atomic E-state index is -0.968. The number of hydrogen-bond acceptors (Lipinski definition) is 3. The maximum atomic E-state index is 10.5. The van der Waals surface area contributed by atoms with Crippen LogP contribution in [0.4, 0.5) is 0 Å². The summed E-state index contributed by atoms with van der Waals surface area (Å²) < 4.78 is 0. The average molecular weight is 197 g/mol. The molecule has 1 rings (SSSR count). The number of nitrogens with one attached hydrogen (secondary N) is 1. The van der Waals surface area contributed by atoms with Crippen LogP contribution in [0.1, 0.15) is 25.7 Å². The second-order valence-corrected chi connectivity index (χ2v) is 3.22. The van der Waals surface area contributed by atoms with Gasteiger partial charge in [0, 0.05) is 6.04 Å². The number of hydrogen-bond donors (Lipinski definition) is 3. The molecule has 0 amide bonds. The van der Waals surface area contributed by atoms with Crippen LogP contribution in [0, 0.1) is 0 Å². The molecule has 5 heteroatoms. The van der Waals surface area contributed by atoms with Crippen molar-refractivity contribution in [3.63, 3.8) is 0 Å². The van der Waals surface area contributed by atoms with E-state index in [1.165, 1.54) is 0 Å². The van der Waals surface area contributed by atoms with Gasteiger partial charge in [0.05, 0.1) is 6.61 Å². The van der Waals surface area contributed by atoms with Crippen molar-refractivity contribution in [1.29, 1.82) is 0 Å². The molecule has 1 fully saturated rings. The van der Waals surface area contributed by atoms with Crippen LogP contribution in [-0.4, -0.2) is 64.4 Å². The number of carboxylic acids is 1. The molecule has 72 valence electrons. The molecule has 1 saturated carbocycles.